The van der Waals surface area contributed by atoms with E-state index < -0.39 is 11.6 Å². The number of allylic oxidation sites excluding steroid dienone is 3. The van der Waals surface area contributed by atoms with E-state index in [1.807, 2.05) is 0 Å². The normalized spacial score (nSPS) is 10.8. The highest BCUT2D eigenvalue weighted by Crippen LogP contribution is 2.38. The molecule has 3 aromatic carbocycles. The number of ether oxygens (including phenoxy) is 6. The van der Waals surface area contributed by atoms with Crippen molar-refractivity contribution < 1.29 is 43.1 Å². The molecule has 214 valence electrons. The molecule has 0 aliphatic carbocycles. The third-order valence-corrected chi connectivity index (χ3v) is 6.05. The van der Waals surface area contributed by atoms with Gasteiger partial charge in [0.1, 0.15) is 23.0 Å². The molecule has 0 radical (unpaired) electrons. The van der Waals surface area contributed by atoms with Crippen LogP contribution in [0, 0.1) is 0 Å². The Morgan fingerprint density at radius 3 is 1.37 bits per heavy atom. The van der Waals surface area contributed by atoms with E-state index in [1.165, 1.54) is 58.8 Å². The summed E-state index contributed by atoms with van der Waals surface area (Å²) in [6, 6.07) is 13.3. The van der Waals surface area contributed by atoms with E-state index >= 15 is 0 Å². The largest absolute Gasteiger partial charge is 0.502 e. The van der Waals surface area contributed by atoms with Gasteiger partial charge in [-0.1, -0.05) is 0 Å². The molecule has 0 aliphatic rings. The van der Waals surface area contributed by atoms with Crippen LogP contribution in [0.1, 0.15) is 16.7 Å². The number of hydrogen-bond donors (Lipinski definition) is 1. The highest BCUT2D eigenvalue weighted by Gasteiger charge is 2.17. The molecule has 0 atom stereocenters. The lowest BCUT2D eigenvalue weighted by Crippen LogP contribution is -2.09. The summed E-state index contributed by atoms with van der Waals surface area (Å²) in [4.78, 5) is 26.9. The van der Waals surface area contributed by atoms with Crippen LogP contribution in [0.25, 0.3) is 18.2 Å². The Hall–Kier alpha value is -5.18. The number of ketones is 2. The molecule has 0 fully saturated rings. The maximum absolute atomic E-state index is 13.5. The summed E-state index contributed by atoms with van der Waals surface area (Å²) in [5.74, 6) is 1.07. The zero-order valence-electron chi connectivity index (χ0n) is 23.7. The van der Waals surface area contributed by atoms with Gasteiger partial charge in [-0.2, -0.15) is 0 Å². The maximum Gasteiger partial charge on any atom is 0.200 e. The third-order valence-electron chi connectivity index (χ3n) is 6.05. The zero-order valence-corrected chi connectivity index (χ0v) is 23.7. The van der Waals surface area contributed by atoms with Crippen LogP contribution in [0.15, 0.2) is 66.3 Å². The van der Waals surface area contributed by atoms with Gasteiger partial charge in [0.2, 0.25) is 5.75 Å². The van der Waals surface area contributed by atoms with Gasteiger partial charge in [0, 0.05) is 23.3 Å². The molecule has 0 amide bonds. The van der Waals surface area contributed by atoms with Crippen molar-refractivity contribution >= 4 is 29.8 Å². The monoisotopic (exact) mass is 560 g/mol. The fraction of sp³-hybridized carbons (Fsp3) is 0.188. The van der Waals surface area contributed by atoms with Gasteiger partial charge in [-0.3, -0.25) is 9.59 Å². The Labute approximate surface area is 238 Å². The third kappa shape index (κ3) is 7.48. The van der Waals surface area contributed by atoms with Gasteiger partial charge < -0.3 is 33.5 Å². The minimum atomic E-state index is -0.565. The molecule has 0 unspecified atom stereocenters. The van der Waals surface area contributed by atoms with E-state index in [-0.39, 0.29) is 22.8 Å². The molecular formula is C32H32O9. The maximum atomic E-state index is 13.5. The molecule has 0 saturated carbocycles. The number of benzene rings is 3. The summed E-state index contributed by atoms with van der Waals surface area (Å²) in [5, 5.41) is 10.3. The lowest BCUT2D eigenvalue weighted by Gasteiger charge is -2.10. The van der Waals surface area contributed by atoms with Crippen molar-refractivity contribution in [1.82, 2.24) is 0 Å². The smallest absolute Gasteiger partial charge is 0.200 e. The summed E-state index contributed by atoms with van der Waals surface area (Å²) in [5.41, 5.74) is 1.48. The second-order valence-electron chi connectivity index (χ2n) is 8.44. The predicted octanol–water partition coefficient (Wildman–Crippen LogP) is 5.39. The van der Waals surface area contributed by atoms with E-state index in [2.05, 4.69) is 0 Å². The summed E-state index contributed by atoms with van der Waals surface area (Å²) < 4.78 is 31.7. The van der Waals surface area contributed by atoms with Crippen molar-refractivity contribution in [2.45, 2.75) is 0 Å². The molecule has 0 bridgehead atoms. The second-order valence-corrected chi connectivity index (χ2v) is 8.44. The van der Waals surface area contributed by atoms with Crippen LogP contribution < -0.4 is 28.4 Å². The van der Waals surface area contributed by atoms with Crippen LogP contribution in [0.5, 0.6) is 40.2 Å². The molecule has 0 aliphatic heterocycles. The highest BCUT2D eigenvalue weighted by molar-refractivity contribution is 6.31. The van der Waals surface area contributed by atoms with Crippen LogP contribution in [-0.4, -0.2) is 59.3 Å². The van der Waals surface area contributed by atoms with Gasteiger partial charge in [-0.25, -0.2) is 0 Å². The van der Waals surface area contributed by atoms with Gasteiger partial charge in [0.15, 0.2) is 23.1 Å². The molecule has 0 saturated heterocycles. The van der Waals surface area contributed by atoms with Crippen molar-refractivity contribution in [3.63, 3.8) is 0 Å². The number of rotatable bonds is 13. The molecule has 0 spiro atoms. The van der Waals surface area contributed by atoms with Gasteiger partial charge >= 0.3 is 0 Å². The quantitative estimate of drug-likeness (QED) is 0.167. The number of phenolic OH excluding ortho intramolecular Hbond substituents is 1. The van der Waals surface area contributed by atoms with E-state index in [0.717, 1.165) is 0 Å². The zero-order chi connectivity index (χ0) is 29.9. The Morgan fingerprint density at radius 2 is 1.00 bits per heavy atom. The Morgan fingerprint density at radius 1 is 0.585 bits per heavy atom. The van der Waals surface area contributed by atoms with E-state index in [0.29, 0.717) is 39.7 Å². The Balaban J connectivity index is 2.06. The van der Waals surface area contributed by atoms with Crippen LogP contribution in [0.3, 0.4) is 0 Å². The van der Waals surface area contributed by atoms with E-state index in [1.54, 1.807) is 62.8 Å². The molecule has 9 heteroatoms. The van der Waals surface area contributed by atoms with Crippen LogP contribution in [0.4, 0.5) is 0 Å². The van der Waals surface area contributed by atoms with Gasteiger partial charge in [-0.05, 0) is 72.3 Å². The topological polar surface area (TPSA) is 110 Å². The average Bonchev–Trinajstić information content (AvgIpc) is 3.01. The lowest BCUT2D eigenvalue weighted by molar-refractivity contribution is -0.116. The number of phenols is 1. The Bertz CT molecular complexity index is 1390. The van der Waals surface area contributed by atoms with Crippen LogP contribution >= 0.6 is 0 Å². The fourth-order valence-corrected chi connectivity index (χ4v) is 3.85. The lowest BCUT2D eigenvalue weighted by atomic mass is 10.00. The molecule has 3 aromatic rings. The fourth-order valence-electron chi connectivity index (χ4n) is 3.85. The molecule has 41 heavy (non-hydrogen) atoms. The number of carbonyl (C=O) groups is 2. The van der Waals surface area contributed by atoms with Gasteiger partial charge in [0.05, 0.1) is 48.2 Å². The molecule has 0 aromatic heterocycles. The summed E-state index contributed by atoms with van der Waals surface area (Å²) in [6.07, 6.45) is 7.07. The first kappa shape index (κ1) is 30.4. The SMILES string of the molecule is COc1ccc(/C=C/C(=O)C(=Cc2cc(OC)c(O)c(OC)c2)C(=O)/C=C/c2ccc(OC)cc2OC)c(OC)c1. The minimum Gasteiger partial charge on any atom is -0.502 e. The van der Waals surface area contributed by atoms with Crippen molar-refractivity contribution in [2.75, 3.05) is 42.7 Å². The van der Waals surface area contributed by atoms with Crippen LogP contribution in [0.2, 0.25) is 0 Å². The first-order valence-corrected chi connectivity index (χ1v) is 12.3. The molecule has 0 heterocycles. The number of carbonyl (C=O) groups excluding carboxylic acids is 2. The van der Waals surface area contributed by atoms with E-state index in [4.69, 9.17) is 28.4 Å². The first-order valence-electron chi connectivity index (χ1n) is 12.3. The summed E-state index contributed by atoms with van der Waals surface area (Å²) in [7, 11) is 8.86. The predicted molar refractivity (Wildman–Crippen MR) is 156 cm³/mol. The molecule has 9 nitrogen and oxygen atoms in total. The van der Waals surface area contributed by atoms with Gasteiger partial charge in [-0.15, -0.1) is 0 Å². The summed E-state index contributed by atoms with van der Waals surface area (Å²) >= 11 is 0. The van der Waals surface area contributed by atoms with Crippen molar-refractivity contribution in [2.24, 2.45) is 0 Å². The average molecular weight is 561 g/mol. The molecule has 3 rings (SSSR count). The summed E-state index contributed by atoms with van der Waals surface area (Å²) in [6.45, 7) is 0. The van der Waals surface area contributed by atoms with Gasteiger partial charge in [0.25, 0.3) is 0 Å². The standard InChI is InChI=1S/C32H32O9/c1-36-23-11-7-21(28(18-23)38-3)9-13-26(33)25(15-20-16-30(40-5)32(35)31(17-20)41-6)27(34)14-10-22-8-12-24(37-2)19-29(22)39-4/h7-19,35H,1-6H3/b13-9+,14-10+. The second kappa shape index (κ2) is 14.3. The number of methoxy groups -OCH3 is 6. The van der Waals surface area contributed by atoms with Crippen molar-refractivity contribution in [3.8, 4) is 40.2 Å². The van der Waals surface area contributed by atoms with Crippen molar-refractivity contribution in [1.29, 1.82) is 0 Å². The molecule has 1 N–H and O–H groups in total. The number of hydrogen-bond acceptors (Lipinski definition) is 9. The Kier molecular flexibility index (Phi) is 10.6. The first-order chi connectivity index (χ1) is 19.8. The van der Waals surface area contributed by atoms with Crippen molar-refractivity contribution in [3.05, 3.63) is 82.9 Å². The van der Waals surface area contributed by atoms with E-state index in [9.17, 15) is 14.7 Å². The highest BCUT2D eigenvalue weighted by atomic mass is 16.5. The van der Waals surface area contributed by atoms with Crippen LogP contribution in [-0.2, 0) is 9.59 Å². The number of aromatic hydroxyl groups is 1. The molecular weight excluding hydrogens is 528 g/mol. The minimum absolute atomic E-state index is 0.117.